The number of hydrogen-bond acceptors (Lipinski definition) is 7. The average Bonchev–Trinajstić information content (AvgIpc) is 3.20. The van der Waals surface area contributed by atoms with Gasteiger partial charge < -0.3 is 14.6 Å². The fraction of sp³-hybridized carbons (Fsp3) is 0.167. The number of amides is 1. The van der Waals surface area contributed by atoms with Gasteiger partial charge in [0.1, 0.15) is 6.26 Å². The number of carbonyl (C=O) groups is 1. The lowest BCUT2D eigenvalue weighted by molar-refractivity contribution is 0.101. The van der Waals surface area contributed by atoms with Crippen molar-refractivity contribution >= 4 is 27.3 Å². The van der Waals surface area contributed by atoms with Crippen molar-refractivity contribution in [1.82, 2.24) is 10.1 Å². The zero-order chi connectivity index (χ0) is 20.3. The summed E-state index contributed by atoms with van der Waals surface area (Å²) in [6, 6.07) is 8.08. The van der Waals surface area contributed by atoms with E-state index in [0.717, 1.165) is 11.1 Å². The number of pyridine rings is 1. The molecule has 0 unspecified atom stereocenters. The molecule has 0 aliphatic heterocycles. The van der Waals surface area contributed by atoms with Crippen LogP contribution in [0.4, 0.5) is 11.4 Å². The Labute approximate surface area is 161 Å². The maximum Gasteiger partial charge on any atom is 0.277 e. The summed E-state index contributed by atoms with van der Waals surface area (Å²) in [4.78, 5) is 15.9. The normalized spacial score (nSPS) is 11.1. The number of carbonyl (C=O) groups excluding carboxylic acids is 1. The van der Waals surface area contributed by atoms with Crippen LogP contribution in [0.3, 0.4) is 0 Å². The van der Waals surface area contributed by atoms with Crippen LogP contribution in [0.2, 0.25) is 0 Å². The van der Waals surface area contributed by atoms with Crippen LogP contribution >= 0.6 is 0 Å². The smallest absolute Gasteiger partial charge is 0.277 e. The highest BCUT2D eigenvalue weighted by Crippen LogP contribution is 2.29. The molecule has 0 spiro atoms. The number of nitrogens with zero attached hydrogens (tertiary/aromatic N) is 2. The number of anilines is 2. The number of hydrogen-bond donors (Lipinski definition) is 2. The molecular formula is C18H18N4O5S. The van der Waals surface area contributed by atoms with Crippen molar-refractivity contribution < 1.29 is 22.5 Å². The second-order valence-corrected chi connectivity index (χ2v) is 7.59. The third kappa shape index (κ3) is 3.96. The van der Waals surface area contributed by atoms with Crippen LogP contribution in [-0.4, -0.2) is 31.6 Å². The van der Waals surface area contributed by atoms with Crippen molar-refractivity contribution in [2.24, 2.45) is 0 Å². The van der Waals surface area contributed by atoms with Crippen LogP contribution in [-0.2, 0) is 10.0 Å². The van der Waals surface area contributed by atoms with Gasteiger partial charge in [-0.3, -0.25) is 9.52 Å². The Morgan fingerprint density at radius 1 is 1.18 bits per heavy atom. The van der Waals surface area contributed by atoms with Crippen molar-refractivity contribution in [2.75, 3.05) is 17.1 Å². The Morgan fingerprint density at radius 2 is 1.89 bits per heavy atom. The third-order valence-corrected chi connectivity index (χ3v) is 5.29. The standard InChI is InChI=1S/C18H18N4O5S/c1-11-5-4-6-12(2)16(11)22-28(24,25)15-9-13(10-19-18(15)26-3)20-17(23)14-7-8-27-21-14/h4-10,22H,1-3H3,(H,20,23). The largest absolute Gasteiger partial charge is 0.480 e. The van der Waals surface area contributed by atoms with Crippen molar-refractivity contribution in [2.45, 2.75) is 18.7 Å². The van der Waals surface area contributed by atoms with E-state index in [0.29, 0.717) is 5.69 Å². The molecule has 1 aromatic carbocycles. The van der Waals surface area contributed by atoms with Crippen LogP contribution in [0.5, 0.6) is 5.88 Å². The SMILES string of the molecule is COc1ncc(NC(=O)c2ccon2)cc1S(=O)(=O)Nc1c(C)cccc1C. The highest BCUT2D eigenvalue weighted by atomic mass is 32.2. The molecule has 2 aromatic heterocycles. The predicted octanol–water partition coefficient (Wildman–Crippen LogP) is 2.75. The summed E-state index contributed by atoms with van der Waals surface area (Å²) in [5.41, 5.74) is 2.23. The van der Waals surface area contributed by atoms with Crippen LogP contribution in [0.25, 0.3) is 0 Å². The third-order valence-electron chi connectivity index (χ3n) is 3.95. The number of nitrogens with one attached hydrogen (secondary N) is 2. The Bertz CT molecular complexity index is 1090. The molecule has 0 atom stereocenters. The average molecular weight is 402 g/mol. The lowest BCUT2D eigenvalue weighted by Crippen LogP contribution is -2.18. The Kier molecular flexibility index (Phi) is 5.32. The molecule has 0 saturated heterocycles. The van der Waals surface area contributed by atoms with E-state index in [9.17, 15) is 13.2 Å². The number of sulfonamides is 1. The molecule has 9 nitrogen and oxygen atoms in total. The molecule has 2 heterocycles. The zero-order valence-electron chi connectivity index (χ0n) is 15.4. The van der Waals surface area contributed by atoms with Gasteiger partial charge in [-0.15, -0.1) is 0 Å². The number of benzene rings is 1. The molecule has 1 amide bonds. The Hall–Kier alpha value is -3.40. The predicted molar refractivity (Wildman–Crippen MR) is 102 cm³/mol. The maximum absolute atomic E-state index is 13.0. The number of ether oxygens (including phenoxy) is 1. The van der Waals surface area contributed by atoms with Gasteiger partial charge in [-0.05, 0) is 31.0 Å². The molecule has 28 heavy (non-hydrogen) atoms. The lowest BCUT2D eigenvalue weighted by Gasteiger charge is -2.15. The monoisotopic (exact) mass is 402 g/mol. The summed E-state index contributed by atoms with van der Waals surface area (Å²) in [6.45, 7) is 3.60. The first-order chi connectivity index (χ1) is 13.3. The van der Waals surface area contributed by atoms with Gasteiger partial charge >= 0.3 is 0 Å². The summed E-state index contributed by atoms with van der Waals surface area (Å²) in [6.07, 6.45) is 2.54. The van der Waals surface area contributed by atoms with Gasteiger partial charge in [0.2, 0.25) is 5.88 Å². The fourth-order valence-corrected chi connectivity index (χ4v) is 3.88. The van der Waals surface area contributed by atoms with Crippen LogP contribution in [0, 0.1) is 13.8 Å². The Morgan fingerprint density at radius 3 is 2.50 bits per heavy atom. The molecule has 0 bridgehead atoms. The van der Waals surface area contributed by atoms with Crippen LogP contribution < -0.4 is 14.8 Å². The van der Waals surface area contributed by atoms with Crippen molar-refractivity contribution in [3.05, 3.63) is 59.6 Å². The summed E-state index contributed by atoms with van der Waals surface area (Å²) < 4.78 is 38.2. The van der Waals surface area contributed by atoms with Crippen LogP contribution in [0.1, 0.15) is 21.6 Å². The lowest BCUT2D eigenvalue weighted by atomic mass is 10.1. The quantitative estimate of drug-likeness (QED) is 0.650. The van der Waals surface area contributed by atoms with Crippen molar-refractivity contribution in [3.63, 3.8) is 0 Å². The molecule has 0 aliphatic rings. The number of aryl methyl sites for hydroxylation is 2. The Balaban J connectivity index is 1.96. The van der Waals surface area contributed by atoms with Gasteiger partial charge in [0.15, 0.2) is 10.6 Å². The molecule has 0 radical (unpaired) electrons. The number of methoxy groups -OCH3 is 1. The van der Waals surface area contributed by atoms with E-state index < -0.39 is 15.9 Å². The van der Waals surface area contributed by atoms with E-state index >= 15 is 0 Å². The highest BCUT2D eigenvalue weighted by molar-refractivity contribution is 7.92. The molecular weight excluding hydrogens is 384 g/mol. The van der Waals surface area contributed by atoms with E-state index in [4.69, 9.17) is 4.74 Å². The first-order valence-electron chi connectivity index (χ1n) is 8.16. The molecule has 3 aromatic rings. The summed E-state index contributed by atoms with van der Waals surface area (Å²) in [5.74, 6) is -0.662. The molecule has 3 rings (SSSR count). The van der Waals surface area contributed by atoms with Crippen molar-refractivity contribution in [1.29, 1.82) is 0 Å². The maximum atomic E-state index is 13.0. The number of rotatable bonds is 6. The van der Waals surface area contributed by atoms with E-state index in [-0.39, 0.29) is 22.2 Å². The molecule has 146 valence electrons. The van der Waals surface area contributed by atoms with Crippen LogP contribution in [0.15, 0.2) is 52.2 Å². The molecule has 0 aliphatic carbocycles. The van der Waals surface area contributed by atoms with Gasteiger partial charge in [-0.2, -0.15) is 0 Å². The molecule has 2 N–H and O–H groups in total. The van der Waals surface area contributed by atoms with Gasteiger partial charge in [-0.25, -0.2) is 13.4 Å². The first-order valence-corrected chi connectivity index (χ1v) is 9.65. The molecule has 0 fully saturated rings. The second-order valence-electron chi connectivity index (χ2n) is 5.94. The van der Waals surface area contributed by atoms with Gasteiger partial charge in [0, 0.05) is 6.07 Å². The minimum absolute atomic E-state index is 0.0499. The van der Waals surface area contributed by atoms with Gasteiger partial charge in [-0.1, -0.05) is 23.4 Å². The zero-order valence-corrected chi connectivity index (χ0v) is 16.2. The second kappa shape index (κ2) is 7.69. The van der Waals surface area contributed by atoms with E-state index in [1.54, 1.807) is 26.0 Å². The fourth-order valence-electron chi connectivity index (χ4n) is 2.54. The minimum Gasteiger partial charge on any atom is -0.480 e. The minimum atomic E-state index is -4.04. The van der Waals surface area contributed by atoms with E-state index in [1.807, 2.05) is 6.07 Å². The summed E-state index contributed by atoms with van der Waals surface area (Å²) >= 11 is 0. The van der Waals surface area contributed by atoms with E-state index in [1.165, 1.54) is 31.7 Å². The highest BCUT2D eigenvalue weighted by Gasteiger charge is 2.23. The number of aromatic nitrogens is 2. The van der Waals surface area contributed by atoms with Gasteiger partial charge in [0.05, 0.1) is 24.7 Å². The topological polar surface area (TPSA) is 123 Å². The van der Waals surface area contributed by atoms with Gasteiger partial charge in [0.25, 0.3) is 15.9 Å². The summed E-state index contributed by atoms with van der Waals surface area (Å²) in [7, 11) is -2.72. The molecule has 0 saturated carbocycles. The van der Waals surface area contributed by atoms with Crippen molar-refractivity contribution in [3.8, 4) is 5.88 Å². The summed E-state index contributed by atoms with van der Waals surface area (Å²) in [5, 5.41) is 6.05. The first kappa shape index (κ1) is 19.4. The molecule has 10 heteroatoms. The van der Waals surface area contributed by atoms with E-state index in [2.05, 4.69) is 24.7 Å². The number of para-hydroxylation sites is 1.